The SMILES string of the molecule is CN(Cc1ccccc1)C(=O)C[C@H]1CN(C(=O)Cn2cccn2)CC[C@@H]1Oc1ccccc1. The van der Waals surface area contributed by atoms with Crippen LogP contribution in [0.2, 0.25) is 0 Å². The summed E-state index contributed by atoms with van der Waals surface area (Å²) in [6.45, 7) is 1.84. The van der Waals surface area contributed by atoms with E-state index < -0.39 is 0 Å². The van der Waals surface area contributed by atoms with E-state index in [9.17, 15) is 9.59 Å². The van der Waals surface area contributed by atoms with Gasteiger partial charge in [0.05, 0.1) is 0 Å². The number of para-hydroxylation sites is 1. The summed E-state index contributed by atoms with van der Waals surface area (Å²) in [6.07, 6.45) is 4.32. The van der Waals surface area contributed by atoms with Crippen LogP contribution in [0.3, 0.4) is 0 Å². The zero-order valence-electron chi connectivity index (χ0n) is 18.9. The quantitative estimate of drug-likeness (QED) is 0.533. The van der Waals surface area contributed by atoms with E-state index in [1.165, 1.54) is 0 Å². The van der Waals surface area contributed by atoms with Gasteiger partial charge in [-0.2, -0.15) is 5.10 Å². The Bertz CT molecular complexity index is 1020. The first-order valence-electron chi connectivity index (χ1n) is 11.3. The van der Waals surface area contributed by atoms with Crippen molar-refractivity contribution in [2.45, 2.75) is 32.0 Å². The van der Waals surface area contributed by atoms with Crippen molar-refractivity contribution in [2.24, 2.45) is 5.92 Å². The van der Waals surface area contributed by atoms with Gasteiger partial charge in [0.15, 0.2) is 0 Å². The first-order valence-corrected chi connectivity index (χ1v) is 11.3. The molecule has 0 saturated carbocycles. The van der Waals surface area contributed by atoms with Gasteiger partial charge < -0.3 is 14.5 Å². The zero-order chi connectivity index (χ0) is 23.0. The Morgan fingerprint density at radius 2 is 1.79 bits per heavy atom. The lowest BCUT2D eigenvalue weighted by molar-refractivity contribution is -0.139. The third-order valence-corrected chi connectivity index (χ3v) is 6.03. The number of hydrogen-bond acceptors (Lipinski definition) is 4. The molecule has 2 amide bonds. The van der Waals surface area contributed by atoms with Gasteiger partial charge in [0, 0.05) is 57.8 Å². The molecule has 1 saturated heterocycles. The molecule has 1 aliphatic rings. The van der Waals surface area contributed by atoms with Gasteiger partial charge in [0.2, 0.25) is 11.8 Å². The summed E-state index contributed by atoms with van der Waals surface area (Å²) in [5.41, 5.74) is 1.09. The van der Waals surface area contributed by atoms with E-state index in [2.05, 4.69) is 5.10 Å². The van der Waals surface area contributed by atoms with Gasteiger partial charge in [0.25, 0.3) is 0 Å². The topological polar surface area (TPSA) is 67.7 Å². The molecule has 33 heavy (non-hydrogen) atoms. The van der Waals surface area contributed by atoms with Crippen molar-refractivity contribution in [1.82, 2.24) is 19.6 Å². The Morgan fingerprint density at radius 3 is 2.48 bits per heavy atom. The Balaban J connectivity index is 1.43. The maximum atomic E-state index is 13.1. The highest BCUT2D eigenvalue weighted by molar-refractivity contribution is 5.77. The Labute approximate surface area is 194 Å². The highest BCUT2D eigenvalue weighted by atomic mass is 16.5. The van der Waals surface area contributed by atoms with Crippen molar-refractivity contribution < 1.29 is 14.3 Å². The van der Waals surface area contributed by atoms with E-state index in [0.29, 0.717) is 32.5 Å². The molecule has 172 valence electrons. The summed E-state index contributed by atoms with van der Waals surface area (Å²) in [5, 5.41) is 4.14. The number of hydrogen-bond donors (Lipinski definition) is 0. The van der Waals surface area contributed by atoms with E-state index in [1.54, 1.807) is 28.0 Å². The van der Waals surface area contributed by atoms with Gasteiger partial charge in [-0.05, 0) is 23.8 Å². The molecule has 0 unspecified atom stereocenters. The fraction of sp³-hybridized carbons (Fsp3) is 0.346. The number of amides is 2. The second-order valence-corrected chi connectivity index (χ2v) is 8.50. The molecule has 2 atom stereocenters. The third-order valence-electron chi connectivity index (χ3n) is 6.03. The third kappa shape index (κ3) is 6.22. The van der Waals surface area contributed by atoms with Gasteiger partial charge in [-0.1, -0.05) is 48.5 Å². The maximum Gasteiger partial charge on any atom is 0.244 e. The predicted molar refractivity (Wildman–Crippen MR) is 125 cm³/mol. The highest BCUT2D eigenvalue weighted by Gasteiger charge is 2.35. The number of aromatic nitrogens is 2. The lowest BCUT2D eigenvalue weighted by Crippen LogP contribution is -2.50. The summed E-state index contributed by atoms with van der Waals surface area (Å²) in [5.74, 6) is 0.749. The summed E-state index contributed by atoms with van der Waals surface area (Å²) in [4.78, 5) is 29.5. The number of benzene rings is 2. The molecule has 2 aromatic carbocycles. The molecular formula is C26H30N4O3. The van der Waals surface area contributed by atoms with Gasteiger partial charge in [-0.3, -0.25) is 14.3 Å². The molecule has 2 heterocycles. The largest absolute Gasteiger partial charge is 0.490 e. The molecule has 0 bridgehead atoms. The van der Waals surface area contributed by atoms with Gasteiger partial charge in [-0.15, -0.1) is 0 Å². The molecule has 7 nitrogen and oxygen atoms in total. The van der Waals surface area contributed by atoms with Gasteiger partial charge in [-0.25, -0.2) is 0 Å². The average Bonchev–Trinajstić information content (AvgIpc) is 3.34. The smallest absolute Gasteiger partial charge is 0.244 e. The molecule has 7 heteroatoms. The van der Waals surface area contributed by atoms with Crippen LogP contribution in [0.5, 0.6) is 5.75 Å². The number of ether oxygens (including phenoxy) is 1. The predicted octanol–water partition coefficient (Wildman–Crippen LogP) is 3.23. The Morgan fingerprint density at radius 1 is 1.06 bits per heavy atom. The van der Waals surface area contributed by atoms with Crippen molar-refractivity contribution in [2.75, 3.05) is 20.1 Å². The Hall–Kier alpha value is -3.61. The van der Waals surface area contributed by atoms with E-state index in [4.69, 9.17) is 4.74 Å². The molecule has 0 N–H and O–H groups in total. The van der Waals surface area contributed by atoms with Crippen LogP contribution >= 0.6 is 0 Å². The average molecular weight is 447 g/mol. The molecule has 0 radical (unpaired) electrons. The number of nitrogens with zero attached hydrogens (tertiary/aromatic N) is 4. The van der Waals surface area contributed by atoms with Gasteiger partial charge in [0.1, 0.15) is 18.4 Å². The Kier molecular flexibility index (Phi) is 7.40. The van der Waals surface area contributed by atoms with E-state index in [0.717, 1.165) is 11.3 Å². The second-order valence-electron chi connectivity index (χ2n) is 8.50. The minimum Gasteiger partial charge on any atom is -0.490 e. The van der Waals surface area contributed by atoms with Crippen molar-refractivity contribution >= 4 is 11.8 Å². The molecular weight excluding hydrogens is 416 g/mol. The summed E-state index contributed by atoms with van der Waals surface area (Å²) in [6, 6.07) is 21.4. The van der Waals surface area contributed by atoms with E-state index in [-0.39, 0.29) is 30.4 Å². The van der Waals surface area contributed by atoms with Crippen LogP contribution in [0.4, 0.5) is 0 Å². The minimum absolute atomic E-state index is 0.00644. The van der Waals surface area contributed by atoms with Crippen LogP contribution in [-0.4, -0.2) is 57.6 Å². The molecule has 0 aliphatic carbocycles. The van der Waals surface area contributed by atoms with Crippen LogP contribution < -0.4 is 4.74 Å². The monoisotopic (exact) mass is 446 g/mol. The molecule has 3 aromatic rings. The van der Waals surface area contributed by atoms with Crippen LogP contribution in [0.1, 0.15) is 18.4 Å². The molecule has 0 spiro atoms. The number of likely N-dealkylation sites (tertiary alicyclic amines) is 1. The standard InChI is InChI=1S/C26H30N4O3/c1-28(18-21-9-4-2-5-10-21)25(31)17-22-19-29(26(32)20-30-15-8-14-27-30)16-13-24(22)33-23-11-6-3-7-12-23/h2-12,14-15,22,24H,13,16-20H2,1H3/t22-,24-/m0/s1. The van der Waals surface area contributed by atoms with Crippen LogP contribution in [-0.2, 0) is 22.7 Å². The first kappa shape index (κ1) is 22.6. The van der Waals surface area contributed by atoms with Crippen LogP contribution in [0, 0.1) is 5.92 Å². The maximum absolute atomic E-state index is 13.1. The van der Waals surface area contributed by atoms with E-state index in [1.807, 2.05) is 72.6 Å². The van der Waals surface area contributed by atoms with Crippen molar-refractivity contribution in [3.63, 3.8) is 0 Å². The number of carbonyl (C=O) groups is 2. The fourth-order valence-corrected chi connectivity index (χ4v) is 4.22. The summed E-state index contributed by atoms with van der Waals surface area (Å²) in [7, 11) is 1.83. The first-order chi connectivity index (χ1) is 16.1. The second kappa shape index (κ2) is 10.8. The zero-order valence-corrected chi connectivity index (χ0v) is 18.9. The highest BCUT2D eigenvalue weighted by Crippen LogP contribution is 2.26. The van der Waals surface area contributed by atoms with Gasteiger partial charge >= 0.3 is 0 Å². The number of piperidine rings is 1. The minimum atomic E-state index is -0.129. The van der Waals surface area contributed by atoms with Crippen molar-refractivity contribution in [1.29, 1.82) is 0 Å². The summed E-state index contributed by atoms with van der Waals surface area (Å²) < 4.78 is 7.90. The molecule has 1 aromatic heterocycles. The summed E-state index contributed by atoms with van der Waals surface area (Å²) >= 11 is 0. The normalized spacial score (nSPS) is 18.0. The molecule has 4 rings (SSSR count). The molecule has 1 fully saturated rings. The fourth-order valence-electron chi connectivity index (χ4n) is 4.22. The van der Waals surface area contributed by atoms with Crippen molar-refractivity contribution in [3.8, 4) is 5.75 Å². The number of carbonyl (C=O) groups excluding carboxylic acids is 2. The molecule has 1 aliphatic heterocycles. The van der Waals surface area contributed by atoms with E-state index >= 15 is 0 Å². The van der Waals surface area contributed by atoms with Crippen molar-refractivity contribution in [3.05, 3.63) is 84.7 Å². The lowest BCUT2D eigenvalue weighted by Gasteiger charge is -2.39. The van der Waals surface area contributed by atoms with Crippen LogP contribution in [0.25, 0.3) is 0 Å². The lowest BCUT2D eigenvalue weighted by atomic mass is 9.90. The number of rotatable bonds is 8. The van der Waals surface area contributed by atoms with Crippen LogP contribution in [0.15, 0.2) is 79.1 Å².